The Kier molecular flexibility index (Phi) is 4.97. The van der Waals surface area contributed by atoms with Crippen molar-refractivity contribution in [2.45, 2.75) is 19.9 Å². The summed E-state index contributed by atoms with van der Waals surface area (Å²) in [5.74, 6) is 0. The number of rotatable bonds is 4. The molecule has 0 aliphatic rings. The molecule has 0 saturated heterocycles. The summed E-state index contributed by atoms with van der Waals surface area (Å²) in [7, 11) is 3.94. The Morgan fingerprint density at radius 3 is 2.61 bits per heavy atom. The van der Waals surface area contributed by atoms with E-state index in [-0.39, 0.29) is 18.7 Å². The average Bonchev–Trinajstić information content (AvgIpc) is 2.31. The standard InChI is InChI=1S/C13H21N3O2/c1-9-7-11(16(3)4)5-6-12(9)15-13(18)14-10(2)8-17/h5-7,10,17H,8H2,1-4H3,(H2,14,15,18). The van der Waals surface area contributed by atoms with Crippen molar-refractivity contribution < 1.29 is 9.90 Å². The van der Waals surface area contributed by atoms with Crippen LogP contribution in [0.3, 0.4) is 0 Å². The van der Waals surface area contributed by atoms with Gasteiger partial charge in [-0.1, -0.05) is 0 Å². The smallest absolute Gasteiger partial charge is 0.319 e. The molecule has 0 bridgehead atoms. The summed E-state index contributed by atoms with van der Waals surface area (Å²) in [5.41, 5.74) is 2.85. The number of anilines is 2. The van der Waals surface area contributed by atoms with Crippen LogP contribution in [0.25, 0.3) is 0 Å². The number of hydrogen-bond acceptors (Lipinski definition) is 3. The van der Waals surface area contributed by atoms with Gasteiger partial charge >= 0.3 is 6.03 Å². The molecule has 2 amide bonds. The van der Waals surface area contributed by atoms with E-state index in [9.17, 15) is 4.79 Å². The molecule has 0 saturated carbocycles. The highest BCUT2D eigenvalue weighted by Crippen LogP contribution is 2.21. The van der Waals surface area contributed by atoms with E-state index < -0.39 is 0 Å². The number of hydrogen-bond donors (Lipinski definition) is 3. The first-order valence-electron chi connectivity index (χ1n) is 5.90. The van der Waals surface area contributed by atoms with E-state index >= 15 is 0 Å². The van der Waals surface area contributed by atoms with Gasteiger partial charge in [0.15, 0.2) is 0 Å². The van der Waals surface area contributed by atoms with Crippen LogP contribution in [0.1, 0.15) is 12.5 Å². The first-order chi connectivity index (χ1) is 8.43. The Hall–Kier alpha value is -1.75. The largest absolute Gasteiger partial charge is 0.394 e. The maximum Gasteiger partial charge on any atom is 0.319 e. The minimum Gasteiger partial charge on any atom is -0.394 e. The van der Waals surface area contributed by atoms with Crippen molar-refractivity contribution in [2.24, 2.45) is 0 Å². The SMILES string of the molecule is Cc1cc(N(C)C)ccc1NC(=O)NC(C)CO. The zero-order chi connectivity index (χ0) is 13.7. The topological polar surface area (TPSA) is 64.6 Å². The molecule has 18 heavy (non-hydrogen) atoms. The molecule has 0 aliphatic carbocycles. The van der Waals surface area contributed by atoms with Gasteiger partial charge in [-0.3, -0.25) is 0 Å². The minimum absolute atomic E-state index is 0.0774. The highest BCUT2D eigenvalue weighted by molar-refractivity contribution is 5.90. The number of aliphatic hydroxyl groups is 1. The Morgan fingerprint density at radius 1 is 1.44 bits per heavy atom. The summed E-state index contributed by atoms with van der Waals surface area (Å²) in [4.78, 5) is 13.6. The monoisotopic (exact) mass is 251 g/mol. The predicted molar refractivity (Wildman–Crippen MR) is 74.2 cm³/mol. The predicted octanol–water partition coefficient (Wildman–Crippen LogP) is 1.56. The maximum atomic E-state index is 11.6. The number of nitrogens with zero attached hydrogens (tertiary/aromatic N) is 1. The van der Waals surface area contributed by atoms with E-state index in [2.05, 4.69) is 10.6 Å². The Labute approximate surface area is 108 Å². The fourth-order valence-corrected chi connectivity index (χ4v) is 1.49. The van der Waals surface area contributed by atoms with Crippen molar-refractivity contribution in [1.29, 1.82) is 0 Å². The zero-order valence-corrected chi connectivity index (χ0v) is 11.3. The van der Waals surface area contributed by atoms with Gasteiger partial charge in [-0.2, -0.15) is 0 Å². The number of carbonyl (C=O) groups is 1. The Bertz CT molecular complexity index is 419. The van der Waals surface area contributed by atoms with Crippen molar-refractivity contribution in [1.82, 2.24) is 5.32 Å². The summed E-state index contributed by atoms with van der Waals surface area (Å²) in [6.07, 6.45) is 0. The number of amides is 2. The lowest BCUT2D eigenvalue weighted by Gasteiger charge is -2.16. The molecule has 0 heterocycles. The second-order valence-electron chi connectivity index (χ2n) is 4.58. The van der Waals surface area contributed by atoms with Crippen LogP contribution in [-0.2, 0) is 0 Å². The van der Waals surface area contributed by atoms with Crippen LogP contribution in [0.15, 0.2) is 18.2 Å². The number of nitrogens with one attached hydrogen (secondary N) is 2. The van der Waals surface area contributed by atoms with E-state index in [1.54, 1.807) is 6.92 Å². The van der Waals surface area contributed by atoms with Gasteiger partial charge in [0.2, 0.25) is 0 Å². The molecule has 1 unspecified atom stereocenters. The van der Waals surface area contributed by atoms with Crippen molar-refractivity contribution in [2.75, 3.05) is 30.9 Å². The maximum absolute atomic E-state index is 11.6. The lowest BCUT2D eigenvalue weighted by atomic mass is 10.1. The lowest BCUT2D eigenvalue weighted by Crippen LogP contribution is -2.38. The molecule has 5 nitrogen and oxygen atoms in total. The minimum atomic E-state index is -0.308. The van der Waals surface area contributed by atoms with Gasteiger partial charge < -0.3 is 20.6 Å². The van der Waals surface area contributed by atoms with Gasteiger partial charge in [-0.25, -0.2) is 4.79 Å². The van der Waals surface area contributed by atoms with E-state index in [0.29, 0.717) is 0 Å². The van der Waals surface area contributed by atoms with Crippen LogP contribution < -0.4 is 15.5 Å². The highest BCUT2D eigenvalue weighted by atomic mass is 16.3. The molecule has 0 fully saturated rings. The van der Waals surface area contributed by atoms with Crippen molar-refractivity contribution in [3.8, 4) is 0 Å². The first kappa shape index (κ1) is 14.3. The molecule has 5 heteroatoms. The second kappa shape index (κ2) is 6.26. The van der Waals surface area contributed by atoms with Crippen LogP contribution in [0.5, 0.6) is 0 Å². The summed E-state index contributed by atoms with van der Waals surface area (Å²) >= 11 is 0. The number of aliphatic hydroxyl groups excluding tert-OH is 1. The van der Waals surface area contributed by atoms with Gasteiger partial charge in [0, 0.05) is 25.5 Å². The van der Waals surface area contributed by atoms with Crippen LogP contribution in [-0.4, -0.2) is 37.9 Å². The van der Waals surface area contributed by atoms with Gasteiger partial charge in [0.1, 0.15) is 0 Å². The summed E-state index contributed by atoms with van der Waals surface area (Å²) in [5, 5.41) is 14.2. The van der Waals surface area contributed by atoms with Crippen LogP contribution >= 0.6 is 0 Å². The quantitative estimate of drug-likeness (QED) is 0.761. The molecule has 0 aromatic heterocycles. The van der Waals surface area contributed by atoms with Gasteiger partial charge in [0.25, 0.3) is 0 Å². The second-order valence-corrected chi connectivity index (χ2v) is 4.58. The molecule has 100 valence electrons. The molecule has 1 aromatic carbocycles. The third kappa shape index (κ3) is 3.92. The normalized spacial score (nSPS) is 11.8. The summed E-state index contributed by atoms with van der Waals surface area (Å²) in [6.45, 7) is 3.60. The lowest BCUT2D eigenvalue weighted by molar-refractivity contribution is 0.229. The van der Waals surface area contributed by atoms with Gasteiger partial charge in [0.05, 0.1) is 12.6 Å². The molecule has 1 atom stereocenters. The first-order valence-corrected chi connectivity index (χ1v) is 5.90. The van der Waals surface area contributed by atoms with Crippen LogP contribution in [0.2, 0.25) is 0 Å². The summed E-state index contributed by atoms with van der Waals surface area (Å²) < 4.78 is 0. The van der Waals surface area contributed by atoms with E-state index in [4.69, 9.17) is 5.11 Å². The molecule has 1 aromatic rings. The molecule has 0 spiro atoms. The fraction of sp³-hybridized carbons (Fsp3) is 0.462. The van der Waals surface area contributed by atoms with Gasteiger partial charge in [-0.15, -0.1) is 0 Å². The number of carbonyl (C=O) groups excluding carboxylic acids is 1. The average molecular weight is 251 g/mol. The van der Waals surface area contributed by atoms with Crippen molar-refractivity contribution in [3.63, 3.8) is 0 Å². The molecular weight excluding hydrogens is 230 g/mol. The number of aryl methyl sites for hydroxylation is 1. The van der Waals surface area contributed by atoms with E-state index in [1.807, 2.05) is 44.1 Å². The van der Waals surface area contributed by atoms with E-state index in [0.717, 1.165) is 16.9 Å². The number of urea groups is 1. The van der Waals surface area contributed by atoms with E-state index in [1.165, 1.54) is 0 Å². The molecule has 1 rings (SSSR count). The highest BCUT2D eigenvalue weighted by Gasteiger charge is 2.08. The van der Waals surface area contributed by atoms with Crippen molar-refractivity contribution in [3.05, 3.63) is 23.8 Å². The summed E-state index contributed by atoms with van der Waals surface area (Å²) in [6, 6.07) is 5.25. The third-order valence-electron chi connectivity index (χ3n) is 2.63. The Balaban J connectivity index is 2.71. The molecule has 3 N–H and O–H groups in total. The fourth-order valence-electron chi connectivity index (χ4n) is 1.49. The number of benzene rings is 1. The van der Waals surface area contributed by atoms with Crippen LogP contribution in [0.4, 0.5) is 16.2 Å². The Morgan fingerprint density at radius 2 is 2.11 bits per heavy atom. The third-order valence-corrected chi connectivity index (χ3v) is 2.63. The van der Waals surface area contributed by atoms with Crippen LogP contribution in [0, 0.1) is 6.92 Å². The molecular formula is C13H21N3O2. The molecule has 0 radical (unpaired) electrons. The molecule has 0 aliphatic heterocycles. The van der Waals surface area contributed by atoms with Gasteiger partial charge in [-0.05, 0) is 37.6 Å². The zero-order valence-electron chi connectivity index (χ0n) is 11.3. The van der Waals surface area contributed by atoms with Crippen molar-refractivity contribution >= 4 is 17.4 Å².